The lowest BCUT2D eigenvalue weighted by Crippen LogP contribution is -2.40. The van der Waals surface area contributed by atoms with Crippen LogP contribution in [0.2, 0.25) is 0 Å². The number of nitrogens with one attached hydrogen (secondary N) is 2. The summed E-state index contributed by atoms with van der Waals surface area (Å²) in [6.07, 6.45) is 4.41. The van der Waals surface area contributed by atoms with Crippen LogP contribution in [0, 0.1) is 11.2 Å². The van der Waals surface area contributed by atoms with Crippen molar-refractivity contribution < 1.29 is 9.18 Å². The van der Waals surface area contributed by atoms with E-state index in [1.165, 1.54) is 12.5 Å². The molecular weight excluding hydrogens is 255 g/mol. The summed E-state index contributed by atoms with van der Waals surface area (Å²) < 4.78 is 13.8. The maximum absolute atomic E-state index is 13.8. The number of amides is 1. The minimum atomic E-state index is -0.374. The highest BCUT2D eigenvalue weighted by Gasteiger charge is 2.32. The van der Waals surface area contributed by atoms with Gasteiger partial charge in [-0.05, 0) is 36.8 Å². The highest BCUT2D eigenvalue weighted by molar-refractivity contribution is 5.99. The molecule has 1 fully saturated rings. The molecule has 0 spiro atoms. The summed E-state index contributed by atoms with van der Waals surface area (Å²) in [5.41, 5.74) is 0.923. The van der Waals surface area contributed by atoms with Gasteiger partial charge in [0.1, 0.15) is 5.82 Å². The van der Waals surface area contributed by atoms with Crippen molar-refractivity contribution in [1.82, 2.24) is 5.32 Å². The van der Waals surface area contributed by atoms with Crippen molar-refractivity contribution >= 4 is 11.6 Å². The highest BCUT2D eigenvalue weighted by Crippen LogP contribution is 2.39. The standard InChI is InChI=1S/C16H23FN2O/c1-3-10-18-14-12(6-4-7-13(14)17)15(20)19-11-16(2)8-5-9-16/h4,6-7,18H,3,5,8-11H2,1-2H3,(H,19,20). The lowest BCUT2D eigenvalue weighted by molar-refractivity contribution is 0.0891. The molecule has 2 rings (SSSR count). The summed E-state index contributed by atoms with van der Waals surface area (Å²) >= 11 is 0. The van der Waals surface area contributed by atoms with Crippen LogP contribution in [0.15, 0.2) is 18.2 Å². The van der Waals surface area contributed by atoms with E-state index in [9.17, 15) is 9.18 Å². The SMILES string of the molecule is CCCNc1c(F)cccc1C(=O)NCC1(C)CCC1. The van der Waals surface area contributed by atoms with Crippen molar-refractivity contribution in [3.05, 3.63) is 29.6 Å². The Bertz CT molecular complexity index is 483. The molecule has 4 heteroatoms. The summed E-state index contributed by atoms with van der Waals surface area (Å²) in [7, 11) is 0. The predicted molar refractivity (Wildman–Crippen MR) is 79.5 cm³/mol. The molecule has 1 aliphatic rings. The van der Waals surface area contributed by atoms with E-state index >= 15 is 0 Å². The van der Waals surface area contributed by atoms with Crippen LogP contribution in [0.25, 0.3) is 0 Å². The van der Waals surface area contributed by atoms with Crippen LogP contribution in [-0.2, 0) is 0 Å². The Morgan fingerprint density at radius 3 is 2.75 bits per heavy atom. The third-order valence-electron chi connectivity index (χ3n) is 4.05. The first kappa shape index (κ1) is 14.8. The fraction of sp³-hybridized carbons (Fsp3) is 0.562. The van der Waals surface area contributed by atoms with Crippen LogP contribution in [0.1, 0.15) is 49.9 Å². The van der Waals surface area contributed by atoms with E-state index in [1.807, 2.05) is 6.92 Å². The molecule has 3 nitrogen and oxygen atoms in total. The van der Waals surface area contributed by atoms with Crippen molar-refractivity contribution in [2.75, 3.05) is 18.4 Å². The monoisotopic (exact) mass is 278 g/mol. The smallest absolute Gasteiger partial charge is 0.253 e. The largest absolute Gasteiger partial charge is 0.382 e. The number of anilines is 1. The average Bonchev–Trinajstić information content (AvgIpc) is 2.41. The summed E-state index contributed by atoms with van der Waals surface area (Å²) in [6, 6.07) is 4.62. The van der Waals surface area contributed by atoms with Crippen molar-refractivity contribution in [1.29, 1.82) is 0 Å². The van der Waals surface area contributed by atoms with Crippen molar-refractivity contribution in [2.45, 2.75) is 39.5 Å². The predicted octanol–water partition coefficient (Wildman–Crippen LogP) is 3.57. The second kappa shape index (κ2) is 6.25. The Morgan fingerprint density at radius 1 is 1.40 bits per heavy atom. The first-order valence-corrected chi connectivity index (χ1v) is 7.36. The minimum Gasteiger partial charge on any atom is -0.382 e. The van der Waals surface area contributed by atoms with E-state index in [2.05, 4.69) is 17.6 Å². The van der Waals surface area contributed by atoms with Gasteiger partial charge in [0, 0.05) is 13.1 Å². The average molecular weight is 278 g/mol. The molecule has 0 unspecified atom stereocenters. The normalized spacial score (nSPS) is 16.4. The molecule has 0 radical (unpaired) electrons. The molecule has 1 saturated carbocycles. The van der Waals surface area contributed by atoms with Gasteiger partial charge in [-0.3, -0.25) is 4.79 Å². The lowest BCUT2D eigenvalue weighted by Gasteiger charge is -2.38. The summed E-state index contributed by atoms with van der Waals surface area (Å²) in [4.78, 5) is 12.2. The first-order valence-electron chi connectivity index (χ1n) is 7.36. The molecule has 0 saturated heterocycles. The van der Waals surface area contributed by atoms with E-state index < -0.39 is 0 Å². The zero-order valence-corrected chi connectivity index (χ0v) is 12.3. The Morgan fingerprint density at radius 2 is 2.15 bits per heavy atom. The first-order chi connectivity index (χ1) is 9.56. The molecule has 1 aliphatic carbocycles. The number of carbonyl (C=O) groups is 1. The lowest BCUT2D eigenvalue weighted by atomic mass is 9.70. The van der Waals surface area contributed by atoms with E-state index in [1.54, 1.807) is 12.1 Å². The second-order valence-electron chi connectivity index (χ2n) is 5.94. The molecule has 0 bridgehead atoms. The quantitative estimate of drug-likeness (QED) is 0.835. The van der Waals surface area contributed by atoms with Gasteiger partial charge in [0.25, 0.3) is 5.91 Å². The third-order valence-corrected chi connectivity index (χ3v) is 4.05. The molecule has 0 atom stereocenters. The Labute approximate surface area is 120 Å². The van der Waals surface area contributed by atoms with E-state index in [4.69, 9.17) is 0 Å². The maximum atomic E-state index is 13.8. The van der Waals surface area contributed by atoms with Crippen molar-refractivity contribution in [3.8, 4) is 0 Å². The summed E-state index contributed by atoms with van der Waals surface area (Å²) in [6.45, 7) is 5.50. The van der Waals surface area contributed by atoms with E-state index in [-0.39, 0.29) is 17.1 Å². The third kappa shape index (κ3) is 3.30. The van der Waals surface area contributed by atoms with Crippen LogP contribution >= 0.6 is 0 Å². The molecule has 110 valence electrons. The van der Waals surface area contributed by atoms with Crippen LogP contribution in [0.5, 0.6) is 0 Å². The number of hydrogen-bond acceptors (Lipinski definition) is 2. The van der Waals surface area contributed by atoms with Crippen LogP contribution < -0.4 is 10.6 Å². The number of carbonyl (C=O) groups excluding carboxylic acids is 1. The molecule has 2 N–H and O–H groups in total. The maximum Gasteiger partial charge on any atom is 0.253 e. The molecule has 0 aromatic heterocycles. The fourth-order valence-electron chi connectivity index (χ4n) is 2.49. The van der Waals surface area contributed by atoms with Gasteiger partial charge in [-0.15, -0.1) is 0 Å². The van der Waals surface area contributed by atoms with E-state index in [0.717, 1.165) is 19.3 Å². The molecule has 1 aromatic rings. The van der Waals surface area contributed by atoms with Gasteiger partial charge in [0.2, 0.25) is 0 Å². The Balaban J connectivity index is 2.06. The highest BCUT2D eigenvalue weighted by atomic mass is 19.1. The fourth-order valence-corrected chi connectivity index (χ4v) is 2.49. The molecule has 0 aliphatic heterocycles. The van der Waals surface area contributed by atoms with Gasteiger partial charge < -0.3 is 10.6 Å². The number of halogens is 1. The zero-order valence-electron chi connectivity index (χ0n) is 12.3. The summed E-state index contributed by atoms with van der Waals surface area (Å²) in [5, 5.41) is 5.94. The van der Waals surface area contributed by atoms with Crippen LogP contribution in [0.3, 0.4) is 0 Å². The molecule has 1 amide bonds. The number of hydrogen-bond donors (Lipinski definition) is 2. The summed E-state index contributed by atoms with van der Waals surface area (Å²) in [5.74, 6) is -0.572. The minimum absolute atomic E-state index is 0.198. The molecule has 20 heavy (non-hydrogen) atoms. The van der Waals surface area contributed by atoms with Gasteiger partial charge in [-0.1, -0.05) is 26.3 Å². The second-order valence-corrected chi connectivity index (χ2v) is 5.94. The van der Waals surface area contributed by atoms with Crippen LogP contribution in [-0.4, -0.2) is 19.0 Å². The topological polar surface area (TPSA) is 41.1 Å². The van der Waals surface area contributed by atoms with Crippen molar-refractivity contribution in [3.63, 3.8) is 0 Å². The van der Waals surface area contributed by atoms with Gasteiger partial charge in [0.05, 0.1) is 11.3 Å². The van der Waals surface area contributed by atoms with Crippen LogP contribution in [0.4, 0.5) is 10.1 Å². The Hall–Kier alpha value is -1.58. The zero-order chi connectivity index (χ0) is 14.6. The van der Waals surface area contributed by atoms with Gasteiger partial charge in [-0.2, -0.15) is 0 Å². The van der Waals surface area contributed by atoms with Gasteiger partial charge >= 0.3 is 0 Å². The number of benzene rings is 1. The van der Waals surface area contributed by atoms with E-state index in [0.29, 0.717) is 24.3 Å². The Kier molecular flexibility index (Phi) is 4.63. The molecular formula is C16H23FN2O. The van der Waals surface area contributed by atoms with Crippen molar-refractivity contribution in [2.24, 2.45) is 5.41 Å². The number of para-hydroxylation sites is 1. The molecule has 0 heterocycles. The molecule has 1 aromatic carbocycles. The number of rotatable bonds is 6. The van der Waals surface area contributed by atoms with Gasteiger partial charge in [0.15, 0.2) is 0 Å². The van der Waals surface area contributed by atoms with Gasteiger partial charge in [-0.25, -0.2) is 4.39 Å².